The molecule has 0 saturated heterocycles. The van der Waals surface area contributed by atoms with Crippen LogP contribution in [-0.4, -0.2) is 33.4 Å². The maximum atomic E-state index is 13.5. The van der Waals surface area contributed by atoms with Gasteiger partial charge in [-0.2, -0.15) is 0 Å². The van der Waals surface area contributed by atoms with E-state index in [1.54, 1.807) is 18.7 Å². The molecule has 0 aromatic heterocycles. The molecule has 0 unspecified atom stereocenters. The fraction of sp³-hybridized carbons (Fsp3) is 0.286. The van der Waals surface area contributed by atoms with Crippen molar-refractivity contribution in [2.45, 2.75) is 51.5 Å². The highest BCUT2D eigenvalue weighted by Crippen LogP contribution is 2.26. The highest BCUT2D eigenvalue weighted by atomic mass is 16.3. The van der Waals surface area contributed by atoms with E-state index in [-0.39, 0.29) is 18.4 Å². The minimum absolute atomic E-state index is 0.0215. The van der Waals surface area contributed by atoms with Gasteiger partial charge in [0.1, 0.15) is 6.04 Å². The normalized spacial score (nSPS) is 16.1. The zero-order valence-electron chi connectivity index (χ0n) is 19.6. The van der Waals surface area contributed by atoms with Crippen LogP contribution in [0.5, 0.6) is 0 Å². The molecular weight excluding hydrogens is 426 g/mol. The van der Waals surface area contributed by atoms with Crippen LogP contribution in [-0.2, 0) is 35.7 Å². The van der Waals surface area contributed by atoms with Crippen LogP contribution in [0.4, 0.5) is 0 Å². The molecule has 2 amide bonds. The molecular formula is C28H31N3O3. The zero-order valence-corrected chi connectivity index (χ0v) is 19.6. The largest absolute Gasteiger partial charge is 0.392 e. The minimum Gasteiger partial charge on any atom is -0.392 e. The number of fused-ring (bicyclic) bond motifs is 1. The van der Waals surface area contributed by atoms with Gasteiger partial charge in [0.25, 0.3) is 0 Å². The van der Waals surface area contributed by atoms with Crippen LogP contribution in [0.3, 0.4) is 0 Å². The molecule has 3 aromatic rings. The first-order chi connectivity index (χ1) is 16.3. The van der Waals surface area contributed by atoms with Gasteiger partial charge in [0, 0.05) is 19.5 Å². The molecule has 6 heteroatoms. The Morgan fingerprint density at radius 1 is 1.03 bits per heavy atom. The number of nitrogens with two attached hydrogens (primary N) is 1. The fourth-order valence-electron chi connectivity index (χ4n) is 4.26. The molecule has 1 atom stereocenters. The first kappa shape index (κ1) is 23.7. The van der Waals surface area contributed by atoms with Gasteiger partial charge >= 0.3 is 0 Å². The van der Waals surface area contributed by atoms with Gasteiger partial charge in [-0.15, -0.1) is 0 Å². The van der Waals surface area contributed by atoms with Crippen LogP contribution >= 0.6 is 0 Å². The second kappa shape index (κ2) is 9.79. The minimum atomic E-state index is -1.07. The smallest absolute Gasteiger partial charge is 0.246 e. The summed E-state index contributed by atoms with van der Waals surface area (Å²) in [6.45, 7) is 4.14. The summed E-state index contributed by atoms with van der Waals surface area (Å²) < 4.78 is 0. The molecule has 6 nitrogen and oxygen atoms in total. The zero-order chi connectivity index (χ0) is 24.3. The number of carbonyl (C=O) groups is 2. The van der Waals surface area contributed by atoms with Crippen LogP contribution < -0.4 is 11.1 Å². The predicted molar refractivity (Wildman–Crippen MR) is 132 cm³/mol. The van der Waals surface area contributed by atoms with Crippen molar-refractivity contribution in [1.82, 2.24) is 10.2 Å². The van der Waals surface area contributed by atoms with Crippen molar-refractivity contribution in [3.63, 3.8) is 0 Å². The van der Waals surface area contributed by atoms with Gasteiger partial charge in [0.05, 0.1) is 12.1 Å². The number of hydrogen-bond donors (Lipinski definition) is 3. The van der Waals surface area contributed by atoms with E-state index in [9.17, 15) is 14.7 Å². The molecule has 0 aliphatic carbocycles. The number of carbonyl (C=O) groups excluding carboxylic acids is 2. The molecule has 1 heterocycles. The molecule has 1 aliphatic rings. The summed E-state index contributed by atoms with van der Waals surface area (Å²) in [5.74, 6) is -0.472. The number of aliphatic hydroxyl groups is 1. The van der Waals surface area contributed by atoms with E-state index in [0.717, 1.165) is 33.4 Å². The quantitative estimate of drug-likeness (QED) is 0.530. The number of rotatable bonds is 6. The fourth-order valence-corrected chi connectivity index (χ4v) is 4.26. The van der Waals surface area contributed by atoms with Crippen molar-refractivity contribution in [2.75, 3.05) is 0 Å². The molecule has 4 rings (SSSR count). The van der Waals surface area contributed by atoms with Gasteiger partial charge in [-0.25, -0.2) is 0 Å². The number of nitrogens with one attached hydrogen (secondary N) is 1. The van der Waals surface area contributed by atoms with Crippen LogP contribution in [0.1, 0.15) is 36.1 Å². The first-order valence-corrected chi connectivity index (χ1v) is 11.5. The van der Waals surface area contributed by atoms with E-state index >= 15 is 0 Å². The maximum Gasteiger partial charge on any atom is 0.246 e. The van der Waals surface area contributed by atoms with Crippen molar-refractivity contribution in [2.24, 2.45) is 5.73 Å². The Balaban J connectivity index is 1.58. The number of aliphatic hydroxyl groups excluding tert-OH is 1. The summed E-state index contributed by atoms with van der Waals surface area (Å²) in [6, 6.07) is 23.1. The molecule has 0 bridgehead atoms. The summed E-state index contributed by atoms with van der Waals surface area (Å²) in [7, 11) is 0. The SMILES string of the molecule is CC(C)(N)C(=O)N[C@@H]1Cc2ccccc2CN(Cc2ccc(-c3ccccc3CO)cc2)C1=O. The van der Waals surface area contributed by atoms with E-state index in [1.165, 1.54) is 0 Å². The van der Waals surface area contributed by atoms with Gasteiger partial charge in [0.15, 0.2) is 0 Å². The Kier molecular flexibility index (Phi) is 6.82. The molecule has 0 spiro atoms. The molecule has 34 heavy (non-hydrogen) atoms. The van der Waals surface area contributed by atoms with Gasteiger partial charge in [0.2, 0.25) is 11.8 Å². The van der Waals surface area contributed by atoms with Crippen molar-refractivity contribution in [3.05, 3.63) is 95.1 Å². The third-order valence-electron chi connectivity index (χ3n) is 6.23. The lowest BCUT2D eigenvalue weighted by atomic mass is 9.99. The summed E-state index contributed by atoms with van der Waals surface area (Å²) in [5.41, 5.74) is 10.9. The first-order valence-electron chi connectivity index (χ1n) is 11.5. The van der Waals surface area contributed by atoms with Gasteiger partial charge in [-0.3, -0.25) is 9.59 Å². The summed E-state index contributed by atoms with van der Waals surface area (Å²) >= 11 is 0. The van der Waals surface area contributed by atoms with Crippen molar-refractivity contribution in [3.8, 4) is 11.1 Å². The molecule has 0 saturated carbocycles. The number of nitrogens with zero attached hydrogens (tertiary/aromatic N) is 1. The van der Waals surface area contributed by atoms with Gasteiger partial charge in [-0.05, 0) is 47.2 Å². The van der Waals surface area contributed by atoms with E-state index in [2.05, 4.69) is 5.32 Å². The van der Waals surface area contributed by atoms with E-state index < -0.39 is 11.6 Å². The number of amides is 2. The summed E-state index contributed by atoms with van der Waals surface area (Å²) in [4.78, 5) is 27.9. The second-order valence-corrected chi connectivity index (χ2v) is 9.43. The topological polar surface area (TPSA) is 95.7 Å². The maximum absolute atomic E-state index is 13.5. The van der Waals surface area contributed by atoms with E-state index in [0.29, 0.717) is 19.5 Å². The van der Waals surface area contributed by atoms with E-state index in [4.69, 9.17) is 5.73 Å². The van der Waals surface area contributed by atoms with E-state index in [1.807, 2.05) is 72.8 Å². The summed E-state index contributed by atoms with van der Waals surface area (Å²) in [5, 5.41) is 12.5. The lowest BCUT2D eigenvalue weighted by Crippen LogP contribution is -2.56. The Bertz CT molecular complexity index is 1180. The van der Waals surface area contributed by atoms with Crippen molar-refractivity contribution in [1.29, 1.82) is 0 Å². The average Bonchev–Trinajstić information content (AvgIpc) is 2.95. The number of benzene rings is 3. The monoisotopic (exact) mass is 457 g/mol. The third-order valence-corrected chi connectivity index (χ3v) is 6.23. The highest BCUT2D eigenvalue weighted by molar-refractivity contribution is 5.92. The summed E-state index contributed by atoms with van der Waals surface area (Å²) in [6.07, 6.45) is 0.435. The Labute approximate surface area is 200 Å². The third kappa shape index (κ3) is 5.19. The lowest BCUT2D eigenvalue weighted by molar-refractivity contribution is -0.138. The highest BCUT2D eigenvalue weighted by Gasteiger charge is 2.33. The number of hydrogen-bond acceptors (Lipinski definition) is 4. The second-order valence-electron chi connectivity index (χ2n) is 9.43. The van der Waals surface area contributed by atoms with Gasteiger partial charge in [-0.1, -0.05) is 72.8 Å². The average molecular weight is 458 g/mol. The molecule has 4 N–H and O–H groups in total. The van der Waals surface area contributed by atoms with Crippen molar-refractivity contribution >= 4 is 11.8 Å². The molecule has 3 aromatic carbocycles. The predicted octanol–water partition coefficient (Wildman–Crippen LogP) is 3.15. The van der Waals surface area contributed by atoms with Crippen LogP contribution in [0.25, 0.3) is 11.1 Å². The standard InChI is InChI=1S/C28H31N3O3/c1-28(2,29)27(34)30-25-15-21-7-3-4-8-22(21)17-31(26(25)33)16-19-11-13-20(14-12-19)24-10-6-5-9-23(24)18-32/h3-14,25,32H,15-18,29H2,1-2H3,(H,30,34)/t25-/m1/s1. The lowest BCUT2D eigenvalue weighted by Gasteiger charge is -2.27. The Morgan fingerprint density at radius 2 is 1.68 bits per heavy atom. The Morgan fingerprint density at radius 3 is 2.35 bits per heavy atom. The Hall–Kier alpha value is -3.48. The van der Waals surface area contributed by atoms with Crippen LogP contribution in [0.15, 0.2) is 72.8 Å². The molecule has 0 fully saturated rings. The van der Waals surface area contributed by atoms with Crippen molar-refractivity contribution < 1.29 is 14.7 Å². The van der Waals surface area contributed by atoms with Crippen LogP contribution in [0, 0.1) is 0 Å². The molecule has 0 radical (unpaired) electrons. The van der Waals surface area contributed by atoms with Gasteiger partial charge < -0.3 is 21.1 Å². The molecule has 176 valence electrons. The molecule has 1 aliphatic heterocycles. The van der Waals surface area contributed by atoms with Crippen LogP contribution in [0.2, 0.25) is 0 Å².